The molecule has 1 heterocycles. The van der Waals surface area contributed by atoms with Gasteiger partial charge in [-0.1, -0.05) is 34.7 Å². The summed E-state index contributed by atoms with van der Waals surface area (Å²) < 4.78 is 11.7. The van der Waals surface area contributed by atoms with Gasteiger partial charge in [0.25, 0.3) is 0 Å². The summed E-state index contributed by atoms with van der Waals surface area (Å²) in [6, 6.07) is 0. The lowest BCUT2D eigenvalue weighted by Crippen LogP contribution is -2.10. The van der Waals surface area contributed by atoms with E-state index in [4.69, 9.17) is 9.47 Å². The van der Waals surface area contributed by atoms with Gasteiger partial charge in [-0.05, 0) is 20.3 Å². The Hall–Kier alpha value is -0.520. The van der Waals surface area contributed by atoms with Gasteiger partial charge in [0, 0.05) is 17.3 Å². The number of ether oxygens (including phenoxy) is 2. The second kappa shape index (κ2) is 7.74. The molecule has 4 heteroatoms. The van der Waals surface area contributed by atoms with Crippen LogP contribution < -0.4 is 0 Å². The zero-order valence-corrected chi connectivity index (χ0v) is 12.5. The number of allylic oxidation sites excluding steroid dienone is 3. The molecule has 0 saturated carbocycles. The zero-order valence-electron chi connectivity index (χ0n) is 10.4. The summed E-state index contributed by atoms with van der Waals surface area (Å²) in [5.74, 6) is 0.610. The third kappa shape index (κ3) is 4.33. The van der Waals surface area contributed by atoms with Gasteiger partial charge < -0.3 is 9.47 Å². The average molecular weight is 350 g/mol. The first-order valence-electron chi connectivity index (χ1n) is 5.95. The predicted octanol–water partition coefficient (Wildman–Crippen LogP) is 3.38. The molecular weight excluding hydrogens is 331 g/mol. The first kappa shape index (κ1) is 14.5. The Morgan fingerprint density at radius 2 is 2.41 bits per heavy atom. The zero-order chi connectivity index (χ0) is 12.7. The third-order valence-electron chi connectivity index (χ3n) is 2.55. The molecule has 0 fully saturated rings. The van der Waals surface area contributed by atoms with E-state index in [1.54, 1.807) is 0 Å². The quantitative estimate of drug-likeness (QED) is 0.319. The van der Waals surface area contributed by atoms with Crippen molar-refractivity contribution in [3.63, 3.8) is 0 Å². The van der Waals surface area contributed by atoms with Gasteiger partial charge in [0.05, 0.1) is 12.2 Å². The highest BCUT2D eigenvalue weighted by atomic mass is 127. The van der Waals surface area contributed by atoms with Crippen molar-refractivity contribution in [3.8, 4) is 0 Å². The molecular formula is C13H19IO3. The summed E-state index contributed by atoms with van der Waals surface area (Å²) in [5.41, 5.74) is 0.734. The van der Waals surface area contributed by atoms with Crippen LogP contribution in [0.2, 0.25) is 0 Å². The molecule has 1 aliphatic heterocycles. The average Bonchev–Trinajstić information content (AvgIpc) is 2.73. The molecule has 0 aromatic rings. The fraction of sp³-hybridized carbons (Fsp3) is 0.615. The van der Waals surface area contributed by atoms with E-state index in [2.05, 4.69) is 28.7 Å². The maximum Gasteiger partial charge on any atom is 0.337 e. The lowest BCUT2D eigenvalue weighted by atomic mass is 10.1. The first-order valence-corrected chi connectivity index (χ1v) is 7.48. The van der Waals surface area contributed by atoms with Crippen molar-refractivity contribution in [3.05, 3.63) is 23.5 Å². The largest absolute Gasteiger partial charge is 0.493 e. The highest BCUT2D eigenvalue weighted by molar-refractivity contribution is 14.1. The van der Waals surface area contributed by atoms with Gasteiger partial charge in [0.1, 0.15) is 11.9 Å². The number of esters is 1. The fourth-order valence-electron chi connectivity index (χ4n) is 1.75. The predicted molar refractivity (Wildman–Crippen MR) is 76.1 cm³/mol. The highest BCUT2D eigenvalue weighted by Crippen LogP contribution is 2.30. The Bertz CT molecular complexity index is 321. The minimum Gasteiger partial charge on any atom is -0.493 e. The van der Waals surface area contributed by atoms with E-state index in [-0.39, 0.29) is 12.1 Å². The van der Waals surface area contributed by atoms with E-state index in [1.165, 1.54) is 0 Å². The lowest BCUT2D eigenvalue weighted by molar-refractivity contribution is -0.138. The highest BCUT2D eigenvalue weighted by Gasteiger charge is 2.29. The van der Waals surface area contributed by atoms with Crippen molar-refractivity contribution in [1.29, 1.82) is 0 Å². The molecule has 0 aliphatic carbocycles. The molecule has 0 saturated heterocycles. The van der Waals surface area contributed by atoms with Crippen molar-refractivity contribution in [2.75, 3.05) is 11.0 Å². The van der Waals surface area contributed by atoms with E-state index in [0.29, 0.717) is 13.0 Å². The van der Waals surface area contributed by atoms with Crippen LogP contribution in [0.15, 0.2) is 23.5 Å². The number of carbonyl (C=O) groups is 1. The number of hydrogen-bond acceptors (Lipinski definition) is 3. The van der Waals surface area contributed by atoms with Crippen molar-refractivity contribution in [2.45, 2.75) is 39.2 Å². The summed E-state index contributed by atoms with van der Waals surface area (Å²) in [4.78, 5) is 11.8. The third-order valence-corrected chi connectivity index (χ3v) is 3.53. The maximum atomic E-state index is 11.8. The second-order valence-electron chi connectivity index (χ2n) is 3.83. The molecule has 0 aromatic heterocycles. The Kier molecular flexibility index (Phi) is 6.62. The minimum atomic E-state index is -0.213. The van der Waals surface area contributed by atoms with E-state index >= 15 is 0 Å². The summed E-state index contributed by atoms with van der Waals surface area (Å²) in [6.07, 6.45) is 6.60. The molecule has 0 amide bonds. The molecule has 0 bridgehead atoms. The molecule has 1 aliphatic rings. The standard InChI is InChI=1S/C13H19IO3/c1-3-5-6-7-12-11(13(15)16-4-2)8-10(9-14)17-12/h3,5,10H,4,6-9H2,1-2H3/b5-3+. The molecule has 96 valence electrons. The Morgan fingerprint density at radius 1 is 1.65 bits per heavy atom. The van der Waals surface area contributed by atoms with Crippen LogP contribution in [0.5, 0.6) is 0 Å². The summed E-state index contributed by atoms with van der Waals surface area (Å²) in [6.45, 7) is 4.23. The normalized spacial score (nSPS) is 19.8. The summed E-state index contributed by atoms with van der Waals surface area (Å²) in [7, 11) is 0. The van der Waals surface area contributed by atoms with Gasteiger partial charge in [-0.15, -0.1) is 0 Å². The Balaban J connectivity index is 2.68. The van der Waals surface area contributed by atoms with Gasteiger partial charge in [0.2, 0.25) is 0 Å². The second-order valence-corrected chi connectivity index (χ2v) is 4.71. The Labute approximate surface area is 116 Å². The smallest absolute Gasteiger partial charge is 0.337 e. The van der Waals surface area contributed by atoms with Crippen LogP contribution in [0.4, 0.5) is 0 Å². The molecule has 17 heavy (non-hydrogen) atoms. The van der Waals surface area contributed by atoms with Crippen LogP contribution in [0.1, 0.15) is 33.1 Å². The van der Waals surface area contributed by atoms with Crippen molar-refractivity contribution < 1.29 is 14.3 Å². The van der Waals surface area contributed by atoms with Gasteiger partial charge >= 0.3 is 5.97 Å². The molecule has 0 N–H and O–H groups in total. The van der Waals surface area contributed by atoms with Gasteiger partial charge in [-0.3, -0.25) is 0 Å². The van der Waals surface area contributed by atoms with Crippen LogP contribution >= 0.6 is 22.6 Å². The van der Waals surface area contributed by atoms with Crippen LogP contribution in [0.25, 0.3) is 0 Å². The Morgan fingerprint density at radius 3 is 3.00 bits per heavy atom. The number of halogens is 1. The lowest BCUT2D eigenvalue weighted by Gasteiger charge is -2.08. The monoisotopic (exact) mass is 350 g/mol. The number of carbonyl (C=O) groups excluding carboxylic acids is 1. The van der Waals surface area contributed by atoms with Crippen molar-refractivity contribution >= 4 is 28.6 Å². The van der Waals surface area contributed by atoms with E-state index < -0.39 is 0 Å². The topological polar surface area (TPSA) is 35.5 Å². The molecule has 1 atom stereocenters. The minimum absolute atomic E-state index is 0.135. The van der Waals surface area contributed by atoms with Gasteiger partial charge in [0.15, 0.2) is 0 Å². The summed E-state index contributed by atoms with van der Waals surface area (Å²) in [5, 5.41) is 0. The molecule has 0 spiro atoms. The molecule has 1 rings (SSSR count). The molecule has 1 unspecified atom stereocenters. The van der Waals surface area contributed by atoms with Crippen molar-refractivity contribution in [1.82, 2.24) is 0 Å². The molecule has 3 nitrogen and oxygen atoms in total. The van der Waals surface area contributed by atoms with E-state index in [9.17, 15) is 4.79 Å². The number of hydrogen-bond donors (Lipinski definition) is 0. The van der Waals surface area contributed by atoms with E-state index in [1.807, 2.05) is 19.9 Å². The molecule has 0 radical (unpaired) electrons. The maximum absolute atomic E-state index is 11.8. The van der Waals surface area contributed by atoms with Gasteiger partial charge in [-0.2, -0.15) is 0 Å². The van der Waals surface area contributed by atoms with Crippen LogP contribution in [-0.2, 0) is 14.3 Å². The van der Waals surface area contributed by atoms with Crippen LogP contribution in [0.3, 0.4) is 0 Å². The number of rotatable bonds is 6. The van der Waals surface area contributed by atoms with Crippen LogP contribution in [0, 0.1) is 0 Å². The van der Waals surface area contributed by atoms with Crippen LogP contribution in [-0.4, -0.2) is 23.1 Å². The van der Waals surface area contributed by atoms with Crippen molar-refractivity contribution in [2.24, 2.45) is 0 Å². The fourth-order valence-corrected chi connectivity index (χ4v) is 2.24. The summed E-state index contributed by atoms with van der Waals surface area (Å²) >= 11 is 2.28. The first-order chi connectivity index (χ1) is 8.22. The molecule has 0 aromatic carbocycles. The van der Waals surface area contributed by atoms with Gasteiger partial charge in [-0.25, -0.2) is 4.79 Å². The SMILES string of the molecule is C/C=C/CCC1=C(C(=O)OCC)CC(CI)O1. The van der Waals surface area contributed by atoms with E-state index in [0.717, 1.165) is 28.6 Å². The number of alkyl halides is 1.